The average Bonchev–Trinajstić information content (AvgIpc) is 1.99. The van der Waals surface area contributed by atoms with E-state index in [-0.39, 0.29) is 18.5 Å². The molecule has 0 heterocycles. The van der Waals surface area contributed by atoms with Crippen molar-refractivity contribution >= 4 is 15.7 Å². The van der Waals surface area contributed by atoms with Crippen molar-refractivity contribution < 1.29 is 2.85 Å². The van der Waals surface area contributed by atoms with E-state index in [2.05, 4.69) is 24.6 Å². The molecule has 0 N–H and O–H groups in total. The van der Waals surface area contributed by atoms with Gasteiger partial charge in [-0.05, 0) is 0 Å². The van der Waals surface area contributed by atoms with Crippen molar-refractivity contribution in [2.24, 2.45) is 0 Å². The van der Waals surface area contributed by atoms with Gasteiger partial charge in [-0.15, -0.1) is 0 Å². The normalized spacial score (nSPS) is 12.0. The number of nitrogens with zero attached hydrogens (tertiary/aromatic N) is 1. The standard InChI is InChI=1S/C8H21GeN.2H/c1-4-7-8-9-10(5-2)6-3;;/h4-9H2,1-3H3;;/q;2*-1. The predicted molar refractivity (Wildman–Crippen MR) is 53.4 cm³/mol. The minimum atomic E-state index is -0.253. The summed E-state index contributed by atoms with van der Waals surface area (Å²) < 4.78 is 2.67. The third kappa shape index (κ3) is 5.30. The Kier molecular flexibility index (Phi) is 7.99. The molecule has 10 heavy (non-hydrogen) atoms. The first kappa shape index (κ1) is 10.5. The second-order valence-corrected chi connectivity index (χ2v) is 7.03. The Morgan fingerprint density at radius 2 is 1.80 bits per heavy atom. The Bertz CT molecular complexity index is 70.1. The van der Waals surface area contributed by atoms with Crippen LogP contribution < -0.4 is 0 Å². The zero-order chi connectivity index (χ0) is 7.82. The van der Waals surface area contributed by atoms with E-state index in [9.17, 15) is 0 Å². The third-order valence-corrected chi connectivity index (χ3v) is 6.89. The van der Waals surface area contributed by atoms with Crippen LogP contribution >= 0.6 is 0 Å². The molecule has 0 rings (SSSR count). The number of unbranched alkanes of at least 4 members (excludes halogenated alkanes) is 1. The van der Waals surface area contributed by atoms with Crippen LogP contribution in [0, 0.1) is 0 Å². The Balaban J connectivity index is -0.000000405. The summed E-state index contributed by atoms with van der Waals surface area (Å²) in [5.41, 5.74) is 0. The van der Waals surface area contributed by atoms with Crippen LogP contribution in [0.1, 0.15) is 36.5 Å². The maximum atomic E-state index is 2.67. The zero-order valence-electron chi connectivity index (χ0n) is 9.69. The molecule has 0 aliphatic heterocycles. The molecule has 66 valence electrons. The van der Waals surface area contributed by atoms with Crippen molar-refractivity contribution in [2.45, 2.75) is 38.9 Å². The monoisotopic (exact) mass is 207 g/mol. The van der Waals surface area contributed by atoms with E-state index in [1.54, 1.807) is 5.25 Å². The number of hydrogen-bond acceptors (Lipinski definition) is 1. The van der Waals surface area contributed by atoms with Crippen molar-refractivity contribution in [3.63, 3.8) is 0 Å². The van der Waals surface area contributed by atoms with E-state index in [1.807, 2.05) is 0 Å². The maximum absolute atomic E-state index is 2.67. The molecule has 0 saturated heterocycles. The van der Waals surface area contributed by atoms with Gasteiger partial charge < -0.3 is 2.85 Å². The summed E-state index contributed by atoms with van der Waals surface area (Å²) in [6.07, 6.45) is 2.85. The van der Waals surface area contributed by atoms with E-state index >= 15 is 0 Å². The quantitative estimate of drug-likeness (QED) is 0.473. The molecule has 0 aromatic heterocycles. The van der Waals surface area contributed by atoms with E-state index < -0.39 is 0 Å². The average molecular weight is 206 g/mol. The molecule has 0 aliphatic carbocycles. The minimum Gasteiger partial charge on any atom is -1.00 e. The number of rotatable bonds is 6. The van der Waals surface area contributed by atoms with Crippen LogP contribution in [0.3, 0.4) is 0 Å². The van der Waals surface area contributed by atoms with Crippen LogP contribution in [0.15, 0.2) is 0 Å². The summed E-state index contributed by atoms with van der Waals surface area (Å²) in [5.74, 6) is 0. The molecule has 0 bridgehead atoms. The van der Waals surface area contributed by atoms with Gasteiger partial charge in [0.15, 0.2) is 0 Å². The molecule has 0 amide bonds. The predicted octanol–water partition coefficient (Wildman–Crippen LogP) is 1.86. The molecule has 0 aliphatic rings. The van der Waals surface area contributed by atoms with Gasteiger partial charge in [0, 0.05) is 0 Å². The van der Waals surface area contributed by atoms with Gasteiger partial charge in [-0.3, -0.25) is 0 Å². The van der Waals surface area contributed by atoms with Crippen LogP contribution in [-0.2, 0) is 0 Å². The zero-order valence-corrected chi connectivity index (χ0v) is 10.7. The molecule has 0 atom stereocenters. The first-order valence-corrected chi connectivity index (χ1v) is 8.00. The molecule has 1 nitrogen and oxygen atoms in total. The molecule has 0 spiro atoms. The molecule has 2 heteroatoms. The van der Waals surface area contributed by atoms with Gasteiger partial charge in [0.25, 0.3) is 0 Å². The second-order valence-electron chi connectivity index (χ2n) is 2.73. The minimum absolute atomic E-state index is 0. The smallest absolute Gasteiger partial charge is 1.00 e. The van der Waals surface area contributed by atoms with Crippen LogP contribution in [0.25, 0.3) is 0 Å². The van der Waals surface area contributed by atoms with Gasteiger partial charge in [-0.2, -0.15) is 0 Å². The summed E-state index contributed by atoms with van der Waals surface area (Å²) in [7, 11) is 0. The van der Waals surface area contributed by atoms with Crippen LogP contribution in [0.4, 0.5) is 0 Å². The van der Waals surface area contributed by atoms with Crippen molar-refractivity contribution in [3.8, 4) is 0 Å². The summed E-state index contributed by atoms with van der Waals surface area (Å²) >= 11 is -0.253. The third-order valence-electron chi connectivity index (χ3n) is 1.97. The van der Waals surface area contributed by atoms with Crippen molar-refractivity contribution in [3.05, 3.63) is 0 Å². The summed E-state index contributed by atoms with van der Waals surface area (Å²) in [6, 6.07) is 0. The van der Waals surface area contributed by atoms with Gasteiger partial charge in [0.2, 0.25) is 0 Å². The van der Waals surface area contributed by atoms with Gasteiger partial charge in [-0.25, -0.2) is 0 Å². The Morgan fingerprint density at radius 3 is 2.20 bits per heavy atom. The Hall–Kier alpha value is 0.503. The second kappa shape index (κ2) is 7.61. The van der Waals surface area contributed by atoms with Crippen LogP contribution in [-0.4, -0.2) is 32.6 Å². The molecule has 0 radical (unpaired) electrons. The van der Waals surface area contributed by atoms with E-state index in [4.69, 9.17) is 0 Å². The fourth-order valence-corrected chi connectivity index (χ4v) is 4.91. The SMILES string of the molecule is CCC[CH2][GeH2][N](CC)CC.[H-].[H-]. The molecule has 0 aromatic rings. The van der Waals surface area contributed by atoms with Crippen molar-refractivity contribution in [1.82, 2.24) is 3.86 Å². The maximum Gasteiger partial charge on any atom is -1.00 e. The Labute approximate surface area is 74.8 Å². The largest absolute Gasteiger partial charge is 1.00 e. The summed E-state index contributed by atoms with van der Waals surface area (Å²) in [5, 5.41) is 1.56. The van der Waals surface area contributed by atoms with Crippen molar-refractivity contribution in [1.29, 1.82) is 0 Å². The number of hydrogen-bond donors (Lipinski definition) is 0. The van der Waals surface area contributed by atoms with E-state index in [0.29, 0.717) is 0 Å². The molecule has 0 aromatic carbocycles. The fourth-order valence-electron chi connectivity index (χ4n) is 1.13. The van der Waals surface area contributed by atoms with Gasteiger partial charge in [-0.1, -0.05) is 0 Å². The summed E-state index contributed by atoms with van der Waals surface area (Å²) in [4.78, 5) is 0. The van der Waals surface area contributed by atoms with E-state index in [1.165, 1.54) is 25.9 Å². The first-order chi connectivity index (χ1) is 4.85. The van der Waals surface area contributed by atoms with Crippen molar-refractivity contribution in [2.75, 3.05) is 13.1 Å². The Morgan fingerprint density at radius 1 is 1.20 bits per heavy atom. The molecule has 0 fully saturated rings. The molecule has 0 saturated carbocycles. The molecular weight excluding hydrogens is 183 g/mol. The van der Waals surface area contributed by atoms with Crippen LogP contribution in [0.2, 0.25) is 5.25 Å². The van der Waals surface area contributed by atoms with Gasteiger partial charge in [0.05, 0.1) is 0 Å². The molecular formula is C8H23GeN-2. The molecule has 0 unspecified atom stereocenters. The van der Waals surface area contributed by atoms with Gasteiger partial charge >= 0.3 is 71.5 Å². The van der Waals surface area contributed by atoms with Gasteiger partial charge in [0.1, 0.15) is 0 Å². The topological polar surface area (TPSA) is 3.24 Å². The van der Waals surface area contributed by atoms with Crippen LogP contribution in [0.5, 0.6) is 0 Å². The fraction of sp³-hybridized carbons (Fsp3) is 1.00. The summed E-state index contributed by atoms with van der Waals surface area (Å²) in [6.45, 7) is 9.42. The first-order valence-electron chi connectivity index (χ1n) is 4.57. The van der Waals surface area contributed by atoms with E-state index in [0.717, 1.165) is 0 Å².